The summed E-state index contributed by atoms with van der Waals surface area (Å²) in [6.07, 6.45) is 0. The predicted octanol–water partition coefficient (Wildman–Crippen LogP) is 5.17. The van der Waals surface area contributed by atoms with Gasteiger partial charge < -0.3 is 5.32 Å². The van der Waals surface area contributed by atoms with E-state index in [2.05, 4.69) is 53.3 Å². The molecule has 2 rings (SSSR count). The number of benzene rings is 1. The SMILES string of the molecule is CCNC(c1ccc(Cl)cc1)c1cc(C)c(Br)s1. The Balaban J connectivity index is 2.36. The molecule has 0 aliphatic heterocycles. The zero-order valence-electron chi connectivity index (χ0n) is 10.3. The lowest BCUT2D eigenvalue weighted by molar-refractivity contribution is 0.639. The third-order valence-corrected chi connectivity index (χ3v) is 5.23. The Hall–Kier alpha value is -0.350. The van der Waals surface area contributed by atoms with Gasteiger partial charge in [0.1, 0.15) is 0 Å². The Morgan fingerprint density at radius 1 is 1.33 bits per heavy atom. The molecule has 18 heavy (non-hydrogen) atoms. The van der Waals surface area contributed by atoms with Gasteiger partial charge in [0.15, 0.2) is 0 Å². The number of halogens is 2. The van der Waals surface area contributed by atoms with E-state index >= 15 is 0 Å². The highest BCUT2D eigenvalue weighted by atomic mass is 79.9. The fourth-order valence-electron chi connectivity index (χ4n) is 1.87. The minimum atomic E-state index is 0.238. The molecule has 0 spiro atoms. The molecule has 0 saturated carbocycles. The van der Waals surface area contributed by atoms with Gasteiger partial charge in [-0.1, -0.05) is 30.7 Å². The smallest absolute Gasteiger partial charge is 0.0731 e. The summed E-state index contributed by atoms with van der Waals surface area (Å²) in [7, 11) is 0. The average Bonchev–Trinajstić information content (AvgIpc) is 2.68. The minimum Gasteiger partial charge on any atom is -0.306 e. The van der Waals surface area contributed by atoms with Crippen molar-refractivity contribution in [2.24, 2.45) is 0 Å². The van der Waals surface area contributed by atoms with Gasteiger partial charge in [-0.3, -0.25) is 0 Å². The van der Waals surface area contributed by atoms with Crippen molar-refractivity contribution >= 4 is 38.9 Å². The predicted molar refractivity (Wildman–Crippen MR) is 83.7 cm³/mol. The summed E-state index contributed by atoms with van der Waals surface area (Å²) in [5.74, 6) is 0. The Bertz CT molecular complexity index is 502. The molecule has 0 saturated heterocycles. The number of hydrogen-bond acceptors (Lipinski definition) is 2. The molecule has 1 aromatic heterocycles. The van der Waals surface area contributed by atoms with E-state index in [1.165, 1.54) is 19.8 Å². The van der Waals surface area contributed by atoms with Crippen molar-refractivity contribution in [1.82, 2.24) is 5.32 Å². The molecule has 1 nitrogen and oxygen atoms in total. The van der Waals surface area contributed by atoms with Crippen molar-refractivity contribution in [1.29, 1.82) is 0 Å². The third-order valence-electron chi connectivity index (χ3n) is 2.77. The summed E-state index contributed by atoms with van der Waals surface area (Å²) in [6.45, 7) is 5.18. The highest BCUT2D eigenvalue weighted by Gasteiger charge is 2.16. The lowest BCUT2D eigenvalue weighted by atomic mass is 10.1. The van der Waals surface area contributed by atoms with Crippen molar-refractivity contribution < 1.29 is 0 Å². The summed E-state index contributed by atoms with van der Waals surface area (Å²) in [5.41, 5.74) is 2.53. The number of hydrogen-bond donors (Lipinski definition) is 1. The van der Waals surface area contributed by atoms with Crippen molar-refractivity contribution in [3.8, 4) is 0 Å². The van der Waals surface area contributed by atoms with Crippen LogP contribution in [0.4, 0.5) is 0 Å². The fourth-order valence-corrected chi connectivity index (χ4v) is 3.67. The van der Waals surface area contributed by atoms with Gasteiger partial charge in [0, 0.05) is 9.90 Å². The van der Waals surface area contributed by atoms with Gasteiger partial charge in [0.2, 0.25) is 0 Å². The maximum absolute atomic E-state index is 5.94. The van der Waals surface area contributed by atoms with Crippen LogP contribution in [0, 0.1) is 6.92 Å². The van der Waals surface area contributed by atoms with E-state index in [0.717, 1.165) is 11.6 Å². The number of rotatable bonds is 4. The topological polar surface area (TPSA) is 12.0 Å². The Morgan fingerprint density at radius 2 is 2.00 bits per heavy atom. The summed E-state index contributed by atoms with van der Waals surface area (Å²) >= 11 is 11.3. The molecule has 0 radical (unpaired) electrons. The van der Waals surface area contributed by atoms with E-state index in [1.54, 1.807) is 11.3 Å². The van der Waals surface area contributed by atoms with Crippen molar-refractivity contribution in [3.63, 3.8) is 0 Å². The van der Waals surface area contributed by atoms with Crippen molar-refractivity contribution in [2.75, 3.05) is 6.54 Å². The monoisotopic (exact) mass is 343 g/mol. The van der Waals surface area contributed by atoms with E-state index in [1.807, 2.05) is 12.1 Å². The number of aryl methyl sites for hydroxylation is 1. The zero-order valence-corrected chi connectivity index (χ0v) is 13.5. The molecule has 4 heteroatoms. The van der Waals surface area contributed by atoms with Crippen LogP contribution >= 0.6 is 38.9 Å². The van der Waals surface area contributed by atoms with Crippen LogP contribution in [-0.2, 0) is 0 Å². The van der Waals surface area contributed by atoms with Crippen LogP contribution in [0.5, 0.6) is 0 Å². The number of thiophene rings is 1. The van der Waals surface area contributed by atoms with Crippen LogP contribution in [0.25, 0.3) is 0 Å². The summed E-state index contributed by atoms with van der Waals surface area (Å²) in [6, 6.07) is 10.5. The first kappa shape index (κ1) is 14.1. The number of nitrogens with one attached hydrogen (secondary N) is 1. The lowest BCUT2D eigenvalue weighted by Gasteiger charge is -2.17. The van der Waals surface area contributed by atoms with Gasteiger partial charge in [0.25, 0.3) is 0 Å². The van der Waals surface area contributed by atoms with Crippen LogP contribution in [0.3, 0.4) is 0 Å². The second-order valence-electron chi connectivity index (χ2n) is 4.15. The highest BCUT2D eigenvalue weighted by Crippen LogP contribution is 2.34. The lowest BCUT2D eigenvalue weighted by Crippen LogP contribution is -2.20. The molecule has 0 bridgehead atoms. The molecule has 1 heterocycles. The summed E-state index contributed by atoms with van der Waals surface area (Å²) in [4.78, 5) is 1.32. The van der Waals surface area contributed by atoms with Gasteiger partial charge in [-0.2, -0.15) is 0 Å². The van der Waals surface area contributed by atoms with E-state index < -0.39 is 0 Å². The van der Waals surface area contributed by atoms with Crippen LogP contribution in [0.1, 0.15) is 29.0 Å². The van der Waals surface area contributed by atoms with Gasteiger partial charge in [-0.25, -0.2) is 0 Å². The van der Waals surface area contributed by atoms with Crippen LogP contribution in [0.2, 0.25) is 5.02 Å². The quantitative estimate of drug-likeness (QED) is 0.806. The van der Waals surface area contributed by atoms with Gasteiger partial charge >= 0.3 is 0 Å². The molecular weight excluding hydrogens is 330 g/mol. The Kier molecular flexibility index (Phi) is 4.84. The van der Waals surface area contributed by atoms with E-state index in [0.29, 0.717) is 0 Å². The molecular formula is C14H15BrClNS. The first-order chi connectivity index (χ1) is 8.61. The van der Waals surface area contributed by atoms with E-state index in [4.69, 9.17) is 11.6 Å². The van der Waals surface area contributed by atoms with Crippen LogP contribution in [0.15, 0.2) is 34.1 Å². The molecule has 0 aliphatic rings. The second-order valence-corrected chi connectivity index (χ2v) is 6.99. The third kappa shape index (κ3) is 3.15. The molecule has 0 aliphatic carbocycles. The standard InChI is InChI=1S/C14H15BrClNS/c1-3-17-13(10-4-6-11(16)7-5-10)12-8-9(2)14(15)18-12/h4-8,13,17H,3H2,1-2H3. The largest absolute Gasteiger partial charge is 0.306 e. The molecule has 0 amide bonds. The van der Waals surface area contributed by atoms with Gasteiger partial charge in [0.05, 0.1) is 9.83 Å². The zero-order chi connectivity index (χ0) is 13.1. The van der Waals surface area contributed by atoms with Gasteiger partial charge in [-0.05, 0) is 58.7 Å². The normalized spacial score (nSPS) is 12.7. The van der Waals surface area contributed by atoms with Crippen molar-refractivity contribution in [2.45, 2.75) is 19.9 Å². The molecule has 1 aromatic carbocycles. The molecule has 1 unspecified atom stereocenters. The summed E-state index contributed by atoms with van der Waals surface area (Å²) in [5, 5.41) is 4.30. The summed E-state index contributed by atoms with van der Waals surface area (Å²) < 4.78 is 1.20. The molecule has 0 fully saturated rings. The first-order valence-corrected chi connectivity index (χ1v) is 7.85. The van der Waals surface area contributed by atoms with E-state index in [-0.39, 0.29) is 6.04 Å². The first-order valence-electron chi connectivity index (χ1n) is 5.86. The highest BCUT2D eigenvalue weighted by molar-refractivity contribution is 9.11. The average molecular weight is 345 g/mol. The van der Waals surface area contributed by atoms with Crippen molar-refractivity contribution in [3.05, 3.63) is 55.1 Å². The van der Waals surface area contributed by atoms with Gasteiger partial charge in [-0.15, -0.1) is 11.3 Å². The molecule has 1 N–H and O–H groups in total. The van der Waals surface area contributed by atoms with Crippen LogP contribution < -0.4 is 5.32 Å². The maximum Gasteiger partial charge on any atom is 0.0731 e. The Labute approximate surface area is 125 Å². The van der Waals surface area contributed by atoms with E-state index in [9.17, 15) is 0 Å². The molecule has 1 atom stereocenters. The maximum atomic E-state index is 5.94. The fraction of sp³-hybridized carbons (Fsp3) is 0.286. The molecule has 2 aromatic rings. The minimum absolute atomic E-state index is 0.238. The van der Waals surface area contributed by atoms with Crippen LogP contribution in [-0.4, -0.2) is 6.54 Å². The second kappa shape index (κ2) is 6.20. The molecule has 96 valence electrons. The Morgan fingerprint density at radius 3 is 2.50 bits per heavy atom.